The van der Waals surface area contributed by atoms with Crippen LogP contribution in [-0.4, -0.2) is 15.0 Å². The summed E-state index contributed by atoms with van der Waals surface area (Å²) in [7, 11) is 0. The summed E-state index contributed by atoms with van der Waals surface area (Å²) >= 11 is 1.20. The Hall–Kier alpha value is -2.40. The molecule has 0 saturated carbocycles. The fraction of sp³-hybridized carbons (Fsp3) is 0.125. The van der Waals surface area contributed by atoms with E-state index in [0.717, 1.165) is 10.3 Å². The highest BCUT2D eigenvalue weighted by Gasteiger charge is 2.24. The van der Waals surface area contributed by atoms with E-state index in [2.05, 4.69) is 0 Å². The number of fused-ring (bicyclic) bond motifs is 1. The highest BCUT2D eigenvalue weighted by atomic mass is 32.1. The van der Waals surface area contributed by atoms with Crippen molar-refractivity contribution in [3.8, 4) is 0 Å². The predicted octanol–water partition coefficient (Wildman–Crippen LogP) is 2.93. The lowest BCUT2D eigenvalue weighted by molar-refractivity contribution is -0.140. The molecule has 1 N–H and O–H groups in total. The lowest BCUT2D eigenvalue weighted by Crippen LogP contribution is -2.27. The SMILES string of the molecule is O=C(O)C(Cc1ccccc1)n1sc2ccccc2c1=O. The van der Waals surface area contributed by atoms with Gasteiger partial charge in [0.1, 0.15) is 6.04 Å². The molecule has 5 heteroatoms. The van der Waals surface area contributed by atoms with E-state index in [1.807, 2.05) is 42.5 Å². The minimum absolute atomic E-state index is 0.237. The standard InChI is InChI=1S/C16H13NO3S/c18-15-12-8-4-5-9-14(12)21-17(15)13(16(19)20)10-11-6-2-1-3-7-11/h1-9,13H,10H2,(H,19,20). The Kier molecular flexibility index (Phi) is 3.58. The molecule has 0 fully saturated rings. The van der Waals surface area contributed by atoms with Crippen LogP contribution in [0.2, 0.25) is 0 Å². The van der Waals surface area contributed by atoms with E-state index in [0.29, 0.717) is 11.8 Å². The first-order valence-corrected chi connectivity index (χ1v) is 7.31. The Balaban J connectivity index is 2.06. The lowest BCUT2D eigenvalue weighted by atomic mass is 10.1. The molecule has 3 aromatic rings. The van der Waals surface area contributed by atoms with Gasteiger partial charge in [-0.3, -0.25) is 4.79 Å². The van der Waals surface area contributed by atoms with Gasteiger partial charge in [-0.05, 0) is 17.7 Å². The largest absolute Gasteiger partial charge is 0.480 e. The first-order chi connectivity index (χ1) is 10.2. The zero-order chi connectivity index (χ0) is 14.8. The molecule has 0 spiro atoms. The topological polar surface area (TPSA) is 59.3 Å². The molecule has 21 heavy (non-hydrogen) atoms. The number of hydrogen-bond donors (Lipinski definition) is 1. The van der Waals surface area contributed by atoms with Crippen LogP contribution in [-0.2, 0) is 11.2 Å². The molecule has 0 aliphatic heterocycles. The van der Waals surface area contributed by atoms with Crippen molar-refractivity contribution in [3.05, 3.63) is 70.5 Å². The average Bonchev–Trinajstić information content (AvgIpc) is 2.83. The first kappa shape index (κ1) is 13.6. The van der Waals surface area contributed by atoms with Crippen LogP contribution in [0.4, 0.5) is 0 Å². The van der Waals surface area contributed by atoms with Crippen LogP contribution in [0.5, 0.6) is 0 Å². The van der Waals surface area contributed by atoms with Crippen molar-refractivity contribution in [3.63, 3.8) is 0 Å². The van der Waals surface area contributed by atoms with Gasteiger partial charge in [0.05, 0.1) is 10.1 Å². The van der Waals surface area contributed by atoms with E-state index in [1.54, 1.807) is 12.1 Å². The molecule has 4 nitrogen and oxygen atoms in total. The number of carbonyl (C=O) groups is 1. The van der Waals surface area contributed by atoms with E-state index in [1.165, 1.54) is 15.5 Å². The maximum atomic E-state index is 12.4. The predicted molar refractivity (Wildman–Crippen MR) is 82.9 cm³/mol. The highest BCUT2D eigenvalue weighted by molar-refractivity contribution is 7.14. The maximum absolute atomic E-state index is 12.4. The van der Waals surface area contributed by atoms with Crippen LogP contribution < -0.4 is 5.56 Å². The van der Waals surface area contributed by atoms with E-state index in [9.17, 15) is 14.7 Å². The summed E-state index contributed by atoms with van der Waals surface area (Å²) in [5.41, 5.74) is 0.660. The number of hydrogen-bond acceptors (Lipinski definition) is 3. The quantitative estimate of drug-likeness (QED) is 0.806. The third-order valence-electron chi connectivity index (χ3n) is 3.35. The Bertz CT molecular complexity index is 835. The molecular weight excluding hydrogens is 286 g/mol. The van der Waals surface area contributed by atoms with E-state index in [-0.39, 0.29) is 5.56 Å². The molecule has 0 aliphatic carbocycles. The van der Waals surface area contributed by atoms with Gasteiger partial charge in [0, 0.05) is 6.42 Å². The van der Waals surface area contributed by atoms with Crippen molar-refractivity contribution in [2.24, 2.45) is 0 Å². The number of benzene rings is 2. The highest BCUT2D eigenvalue weighted by Crippen LogP contribution is 2.22. The van der Waals surface area contributed by atoms with Crippen molar-refractivity contribution >= 4 is 27.6 Å². The summed E-state index contributed by atoms with van der Waals surface area (Å²) in [4.78, 5) is 24.0. The number of carboxylic acid groups (broad SMARTS) is 1. The van der Waals surface area contributed by atoms with Crippen LogP contribution in [0, 0.1) is 0 Å². The molecule has 106 valence electrons. The molecule has 1 atom stereocenters. The van der Waals surface area contributed by atoms with Crippen molar-refractivity contribution in [2.75, 3.05) is 0 Å². The number of aliphatic carboxylic acids is 1. The molecule has 1 unspecified atom stereocenters. The molecule has 0 amide bonds. The second-order valence-electron chi connectivity index (χ2n) is 4.76. The summed E-state index contributed by atoms with van der Waals surface area (Å²) in [6.45, 7) is 0. The lowest BCUT2D eigenvalue weighted by Gasteiger charge is -2.12. The van der Waals surface area contributed by atoms with Crippen molar-refractivity contribution < 1.29 is 9.90 Å². The Morgan fingerprint density at radius 3 is 2.43 bits per heavy atom. The van der Waals surface area contributed by atoms with E-state index >= 15 is 0 Å². The number of nitrogens with zero attached hydrogens (tertiary/aromatic N) is 1. The van der Waals surface area contributed by atoms with Crippen LogP contribution in [0.15, 0.2) is 59.4 Å². The average molecular weight is 299 g/mol. The van der Waals surface area contributed by atoms with Gasteiger partial charge in [0.2, 0.25) is 0 Å². The minimum Gasteiger partial charge on any atom is -0.480 e. The van der Waals surface area contributed by atoms with Gasteiger partial charge in [0.25, 0.3) is 5.56 Å². The van der Waals surface area contributed by atoms with Gasteiger partial charge in [-0.25, -0.2) is 8.75 Å². The van der Waals surface area contributed by atoms with Crippen LogP contribution in [0.25, 0.3) is 10.1 Å². The normalized spacial score (nSPS) is 12.4. The third kappa shape index (κ3) is 2.60. The smallest absolute Gasteiger partial charge is 0.328 e. The summed E-state index contributed by atoms with van der Waals surface area (Å²) in [5.74, 6) is -0.993. The Morgan fingerprint density at radius 2 is 1.76 bits per heavy atom. The fourth-order valence-electron chi connectivity index (χ4n) is 2.30. The van der Waals surface area contributed by atoms with E-state index < -0.39 is 12.0 Å². The van der Waals surface area contributed by atoms with Crippen molar-refractivity contribution in [1.82, 2.24) is 3.96 Å². The second-order valence-corrected chi connectivity index (χ2v) is 5.78. The van der Waals surface area contributed by atoms with Gasteiger partial charge >= 0.3 is 5.97 Å². The van der Waals surface area contributed by atoms with Gasteiger partial charge in [-0.1, -0.05) is 54.0 Å². The molecular formula is C16H13NO3S. The van der Waals surface area contributed by atoms with Crippen molar-refractivity contribution in [2.45, 2.75) is 12.5 Å². The van der Waals surface area contributed by atoms with Crippen LogP contribution in [0.3, 0.4) is 0 Å². The Labute approximate surface area is 125 Å². The first-order valence-electron chi connectivity index (χ1n) is 6.54. The van der Waals surface area contributed by atoms with Crippen molar-refractivity contribution in [1.29, 1.82) is 0 Å². The summed E-state index contributed by atoms with van der Waals surface area (Å²) in [6, 6.07) is 15.7. The minimum atomic E-state index is -0.993. The Morgan fingerprint density at radius 1 is 1.10 bits per heavy atom. The summed E-state index contributed by atoms with van der Waals surface area (Å²) in [6.07, 6.45) is 0.295. The monoisotopic (exact) mass is 299 g/mol. The third-order valence-corrected chi connectivity index (χ3v) is 4.52. The molecule has 0 saturated heterocycles. The summed E-state index contributed by atoms with van der Waals surface area (Å²) in [5, 5.41) is 10.1. The summed E-state index contributed by atoms with van der Waals surface area (Å²) < 4.78 is 2.17. The number of aromatic nitrogens is 1. The molecule has 0 radical (unpaired) electrons. The molecule has 1 heterocycles. The van der Waals surface area contributed by atoms with Gasteiger partial charge in [-0.15, -0.1) is 0 Å². The molecule has 0 bridgehead atoms. The second kappa shape index (κ2) is 5.54. The fourth-order valence-corrected chi connectivity index (χ4v) is 3.38. The molecule has 3 rings (SSSR count). The van der Waals surface area contributed by atoms with E-state index in [4.69, 9.17) is 0 Å². The van der Waals surface area contributed by atoms with Gasteiger partial charge in [0.15, 0.2) is 0 Å². The number of rotatable bonds is 4. The van der Waals surface area contributed by atoms with Crippen LogP contribution >= 0.6 is 11.5 Å². The molecule has 1 aromatic heterocycles. The van der Waals surface area contributed by atoms with Gasteiger partial charge in [-0.2, -0.15) is 0 Å². The van der Waals surface area contributed by atoms with Gasteiger partial charge < -0.3 is 5.11 Å². The van der Waals surface area contributed by atoms with Crippen LogP contribution in [0.1, 0.15) is 11.6 Å². The zero-order valence-corrected chi connectivity index (χ0v) is 11.9. The molecule has 2 aromatic carbocycles. The molecule has 0 aliphatic rings. The zero-order valence-electron chi connectivity index (χ0n) is 11.1. The number of carboxylic acids is 1. The maximum Gasteiger partial charge on any atom is 0.328 e.